The molecule has 0 aromatic carbocycles. The molecule has 94 valence electrons. The van der Waals surface area contributed by atoms with Crippen molar-refractivity contribution in [2.45, 2.75) is 31.0 Å². The van der Waals surface area contributed by atoms with E-state index in [2.05, 4.69) is 0 Å². The standard InChI is InChI=1S/C10H19NO4S/c11-8-10(2-4-14-5-3-10)15-9-1-6-16(12,13)7-9/h9H,1-8,11H2. The van der Waals surface area contributed by atoms with E-state index in [1.54, 1.807) is 0 Å². The summed E-state index contributed by atoms with van der Waals surface area (Å²) >= 11 is 0. The first kappa shape index (κ1) is 12.3. The second kappa shape index (κ2) is 4.60. The van der Waals surface area contributed by atoms with Crippen LogP contribution in [0.1, 0.15) is 19.3 Å². The minimum atomic E-state index is -2.88. The van der Waals surface area contributed by atoms with Crippen LogP contribution < -0.4 is 5.73 Å². The molecule has 5 nitrogen and oxygen atoms in total. The Bertz CT molecular complexity index is 335. The summed E-state index contributed by atoms with van der Waals surface area (Å²) < 4.78 is 33.9. The number of ether oxygens (including phenoxy) is 2. The molecule has 0 aromatic rings. The normalized spacial score (nSPS) is 32.7. The summed E-state index contributed by atoms with van der Waals surface area (Å²) in [7, 11) is -2.88. The van der Waals surface area contributed by atoms with Crippen molar-refractivity contribution >= 4 is 9.84 Å². The lowest BCUT2D eigenvalue weighted by Crippen LogP contribution is -2.48. The number of sulfone groups is 1. The fraction of sp³-hybridized carbons (Fsp3) is 1.00. The third kappa shape index (κ3) is 2.74. The molecule has 16 heavy (non-hydrogen) atoms. The minimum absolute atomic E-state index is 0.148. The van der Waals surface area contributed by atoms with Gasteiger partial charge in [0.25, 0.3) is 0 Å². The molecule has 0 aromatic heterocycles. The highest BCUT2D eigenvalue weighted by Gasteiger charge is 2.38. The van der Waals surface area contributed by atoms with E-state index in [0.717, 1.165) is 12.8 Å². The van der Waals surface area contributed by atoms with Gasteiger partial charge in [-0.1, -0.05) is 0 Å². The fourth-order valence-electron chi connectivity index (χ4n) is 2.32. The molecular weight excluding hydrogens is 230 g/mol. The Labute approximate surface area is 96.2 Å². The molecule has 0 radical (unpaired) electrons. The van der Waals surface area contributed by atoms with Crippen LogP contribution in [0.3, 0.4) is 0 Å². The highest BCUT2D eigenvalue weighted by atomic mass is 32.2. The van der Waals surface area contributed by atoms with Crippen LogP contribution in [0.2, 0.25) is 0 Å². The van der Waals surface area contributed by atoms with Crippen molar-refractivity contribution in [2.24, 2.45) is 5.73 Å². The van der Waals surface area contributed by atoms with E-state index in [4.69, 9.17) is 15.2 Å². The Morgan fingerprint density at radius 2 is 2.06 bits per heavy atom. The molecule has 1 unspecified atom stereocenters. The zero-order valence-corrected chi connectivity index (χ0v) is 10.2. The van der Waals surface area contributed by atoms with E-state index in [1.165, 1.54) is 0 Å². The summed E-state index contributed by atoms with van der Waals surface area (Å²) in [5, 5.41) is 0. The van der Waals surface area contributed by atoms with Gasteiger partial charge in [0.2, 0.25) is 0 Å². The molecule has 2 heterocycles. The van der Waals surface area contributed by atoms with Crippen molar-refractivity contribution in [1.29, 1.82) is 0 Å². The number of hydrogen-bond donors (Lipinski definition) is 1. The van der Waals surface area contributed by atoms with Gasteiger partial charge < -0.3 is 15.2 Å². The topological polar surface area (TPSA) is 78.6 Å². The predicted molar refractivity (Wildman–Crippen MR) is 60.0 cm³/mol. The molecule has 0 bridgehead atoms. The molecule has 0 amide bonds. The molecule has 2 saturated heterocycles. The van der Waals surface area contributed by atoms with Crippen LogP contribution in [-0.4, -0.2) is 51.4 Å². The third-order valence-corrected chi connectivity index (χ3v) is 5.12. The monoisotopic (exact) mass is 249 g/mol. The molecule has 6 heteroatoms. The summed E-state index contributed by atoms with van der Waals surface area (Å²) in [5.41, 5.74) is 5.40. The molecular formula is C10H19NO4S. The highest BCUT2D eigenvalue weighted by molar-refractivity contribution is 7.91. The van der Waals surface area contributed by atoms with Crippen LogP contribution in [-0.2, 0) is 19.3 Å². The van der Waals surface area contributed by atoms with Crippen LogP contribution in [0.4, 0.5) is 0 Å². The van der Waals surface area contributed by atoms with Crippen LogP contribution in [0, 0.1) is 0 Å². The maximum Gasteiger partial charge on any atom is 0.152 e. The van der Waals surface area contributed by atoms with E-state index < -0.39 is 9.84 Å². The third-order valence-electron chi connectivity index (χ3n) is 3.38. The molecule has 2 aliphatic rings. The Kier molecular flexibility index (Phi) is 3.53. The lowest BCUT2D eigenvalue weighted by Gasteiger charge is -2.38. The maximum absolute atomic E-state index is 11.3. The molecule has 0 aliphatic carbocycles. The lowest BCUT2D eigenvalue weighted by atomic mass is 9.94. The first-order chi connectivity index (χ1) is 7.55. The maximum atomic E-state index is 11.3. The van der Waals surface area contributed by atoms with E-state index in [9.17, 15) is 8.42 Å². The molecule has 1 atom stereocenters. The van der Waals surface area contributed by atoms with E-state index in [-0.39, 0.29) is 23.2 Å². The largest absolute Gasteiger partial charge is 0.381 e. The summed E-state index contributed by atoms with van der Waals surface area (Å²) in [4.78, 5) is 0. The average Bonchev–Trinajstić information content (AvgIpc) is 2.59. The Morgan fingerprint density at radius 1 is 1.38 bits per heavy atom. The van der Waals surface area contributed by atoms with Gasteiger partial charge in [-0.2, -0.15) is 0 Å². The van der Waals surface area contributed by atoms with Crippen molar-refractivity contribution in [2.75, 3.05) is 31.3 Å². The van der Waals surface area contributed by atoms with Crippen molar-refractivity contribution in [1.82, 2.24) is 0 Å². The number of nitrogens with two attached hydrogens (primary N) is 1. The van der Waals surface area contributed by atoms with E-state index in [1.807, 2.05) is 0 Å². The predicted octanol–water partition coefficient (Wildman–Crippen LogP) is -0.302. The molecule has 0 spiro atoms. The van der Waals surface area contributed by atoms with Crippen LogP contribution in [0.5, 0.6) is 0 Å². The van der Waals surface area contributed by atoms with Gasteiger partial charge in [0.15, 0.2) is 9.84 Å². The van der Waals surface area contributed by atoms with E-state index in [0.29, 0.717) is 26.2 Å². The molecule has 2 N–H and O–H groups in total. The SMILES string of the molecule is NCC1(OC2CCS(=O)(=O)C2)CCOCC1. The molecule has 0 saturated carbocycles. The van der Waals surface area contributed by atoms with Gasteiger partial charge in [0.05, 0.1) is 23.2 Å². The van der Waals surface area contributed by atoms with Gasteiger partial charge in [-0.25, -0.2) is 8.42 Å². The van der Waals surface area contributed by atoms with Gasteiger partial charge in [-0.15, -0.1) is 0 Å². The zero-order valence-electron chi connectivity index (χ0n) is 9.35. The lowest BCUT2D eigenvalue weighted by molar-refractivity contribution is -0.130. The Balaban J connectivity index is 1.97. The number of hydrogen-bond acceptors (Lipinski definition) is 5. The Morgan fingerprint density at radius 3 is 2.56 bits per heavy atom. The minimum Gasteiger partial charge on any atom is -0.381 e. The van der Waals surface area contributed by atoms with Gasteiger partial charge in [-0.05, 0) is 6.42 Å². The second-order valence-electron chi connectivity index (χ2n) is 4.64. The summed E-state index contributed by atoms with van der Waals surface area (Å²) in [6, 6.07) is 0. The van der Waals surface area contributed by atoms with Crippen molar-refractivity contribution < 1.29 is 17.9 Å². The second-order valence-corrected chi connectivity index (χ2v) is 6.87. The van der Waals surface area contributed by atoms with Crippen LogP contribution in [0.25, 0.3) is 0 Å². The first-order valence-corrected chi connectivity index (χ1v) is 7.53. The molecule has 2 rings (SSSR count). The van der Waals surface area contributed by atoms with Crippen molar-refractivity contribution in [3.8, 4) is 0 Å². The molecule has 2 fully saturated rings. The summed E-state index contributed by atoms with van der Waals surface area (Å²) in [6.45, 7) is 1.74. The van der Waals surface area contributed by atoms with Gasteiger partial charge in [-0.3, -0.25) is 0 Å². The van der Waals surface area contributed by atoms with Gasteiger partial charge in [0, 0.05) is 32.6 Å². The summed E-state index contributed by atoms with van der Waals surface area (Å²) in [5.74, 6) is 0.393. The average molecular weight is 249 g/mol. The molecule has 2 aliphatic heterocycles. The number of rotatable bonds is 3. The highest BCUT2D eigenvalue weighted by Crippen LogP contribution is 2.28. The van der Waals surface area contributed by atoms with Crippen LogP contribution in [0.15, 0.2) is 0 Å². The summed E-state index contributed by atoms with van der Waals surface area (Å²) in [6.07, 6.45) is 1.96. The van der Waals surface area contributed by atoms with Gasteiger partial charge in [0.1, 0.15) is 0 Å². The van der Waals surface area contributed by atoms with Crippen molar-refractivity contribution in [3.05, 3.63) is 0 Å². The first-order valence-electron chi connectivity index (χ1n) is 5.71. The van der Waals surface area contributed by atoms with Crippen molar-refractivity contribution in [3.63, 3.8) is 0 Å². The van der Waals surface area contributed by atoms with Gasteiger partial charge >= 0.3 is 0 Å². The fourth-order valence-corrected chi connectivity index (χ4v) is 3.91. The Hall–Kier alpha value is -0.170. The quantitative estimate of drug-likeness (QED) is 0.743. The van der Waals surface area contributed by atoms with E-state index >= 15 is 0 Å². The zero-order chi connectivity index (χ0) is 11.6. The smallest absolute Gasteiger partial charge is 0.152 e. The van der Waals surface area contributed by atoms with Crippen LogP contribution >= 0.6 is 0 Å².